The van der Waals surface area contributed by atoms with Gasteiger partial charge in [0.15, 0.2) is 0 Å². The van der Waals surface area contributed by atoms with E-state index in [-0.39, 0.29) is 10.7 Å². The molecule has 0 bridgehead atoms. The van der Waals surface area contributed by atoms with Crippen LogP contribution in [0, 0.1) is 0 Å². The Bertz CT molecular complexity index is 304. The largest absolute Gasteiger partial charge is 0.467 e. The van der Waals surface area contributed by atoms with Crippen LogP contribution < -0.4 is 5.32 Å². The quantitative estimate of drug-likeness (QED) is 0.848. The summed E-state index contributed by atoms with van der Waals surface area (Å²) in [4.78, 5) is 11.3. The predicted octanol–water partition coefficient (Wildman–Crippen LogP) is 2.41. The molecule has 1 rings (SSSR count). The number of furan rings is 1. The van der Waals surface area contributed by atoms with Gasteiger partial charge >= 0.3 is 0 Å². The normalized spacial score (nSPS) is 13.7. The molecule has 1 aromatic heterocycles. The third-order valence-corrected chi connectivity index (χ3v) is 2.35. The number of halogens is 1. The summed E-state index contributed by atoms with van der Waals surface area (Å²) < 4.78 is 5.25. The molecule has 1 unspecified atom stereocenters. The van der Waals surface area contributed by atoms with Gasteiger partial charge in [0.25, 0.3) is 0 Å². The van der Waals surface area contributed by atoms with Gasteiger partial charge in [0.1, 0.15) is 5.76 Å². The zero-order chi connectivity index (χ0) is 10.8. The summed E-state index contributed by atoms with van der Waals surface area (Å²) in [5.74, 6) is 0.699. The van der Waals surface area contributed by atoms with Crippen LogP contribution in [0.2, 0.25) is 0 Å². The Morgan fingerprint density at radius 3 is 2.71 bits per heavy atom. The van der Waals surface area contributed by atoms with Crippen molar-refractivity contribution < 1.29 is 9.21 Å². The van der Waals surface area contributed by atoms with Crippen LogP contribution in [-0.2, 0) is 10.3 Å². The lowest BCUT2D eigenvalue weighted by atomic mass is 10.0. The van der Waals surface area contributed by atoms with Crippen molar-refractivity contribution in [3.05, 3.63) is 24.2 Å². The Hall–Kier alpha value is -0.770. The zero-order valence-electron chi connectivity index (χ0n) is 8.50. The summed E-state index contributed by atoms with van der Waals surface area (Å²) in [5, 5.41) is 2.88. The first-order chi connectivity index (χ1) is 6.43. The summed E-state index contributed by atoms with van der Waals surface area (Å²) in [5.41, 5.74) is -0.470. The Morgan fingerprint density at radius 1 is 1.64 bits per heavy atom. The first-order valence-corrected chi connectivity index (χ1v) is 5.35. The third-order valence-electron chi connectivity index (χ3n) is 1.93. The first kappa shape index (κ1) is 11.3. The van der Waals surface area contributed by atoms with Gasteiger partial charge in [0.05, 0.1) is 16.6 Å². The smallest absolute Gasteiger partial charge is 0.234 e. The lowest BCUT2D eigenvalue weighted by Crippen LogP contribution is -2.43. The SMILES string of the molecule is CC(Br)C(=O)NC(C)(C)c1ccco1. The van der Waals surface area contributed by atoms with Gasteiger partial charge < -0.3 is 9.73 Å². The van der Waals surface area contributed by atoms with Crippen LogP contribution in [-0.4, -0.2) is 10.7 Å². The first-order valence-electron chi connectivity index (χ1n) is 4.43. The molecule has 1 N–H and O–H groups in total. The molecule has 1 aromatic rings. The number of amides is 1. The highest BCUT2D eigenvalue weighted by Crippen LogP contribution is 2.20. The van der Waals surface area contributed by atoms with E-state index < -0.39 is 5.54 Å². The van der Waals surface area contributed by atoms with E-state index in [0.29, 0.717) is 0 Å². The van der Waals surface area contributed by atoms with Crippen molar-refractivity contribution in [2.24, 2.45) is 0 Å². The fourth-order valence-electron chi connectivity index (χ4n) is 1.10. The third kappa shape index (κ3) is 2.61. The molecular formula is C10H14BrNO2. The van der Waals surface area contributed by atoms with Gasteiger partial charge in [-0.1, -0.05) is 15.9 Å². The number of hydrogen-bond donors (Lipinski definition) is 1. The molecule has 0 radical (unpaired) electrons. The predicted molar refractivity (Wildman–Crippen MR) is 58.3 cm³/mol. The van der Waals surface area contributed by atoms with Gasteiger partial charge in [-0.25, -0.2) is 0 Å². The van der Waals surface area contributed by atoms with Crippen LogP contribution in [0.25, 0.3) is 0 Å². The van der Waals surface area contributed by atoms with Crippen molar-refractivity contribution in [3.63, 3.8) is 0 Å². The molecule has 0 aliphatic heterocycles. The summed E-state index contributed by atoms with van der Waals surface area (Å²) >= 11 is 3.21. The Balaban J connectivity index is 2.72. The molecule has 0 saturated heterocycles. The summed E-state index contributed by atoms with van der Waals surface area (Å²) in [6.07, 6.45) is 1.60. The zero-order valence-corrected chi connectivity index (χ0v) is 10.1. The molecule has 14 heavy (non-hydrogen) atoms. The second-order valence-electron chi connectivity index (χ2n) is 3.71. The maximum atomic E-state index is 11.5. The van der Waals surface area contributed by atoms with Crippen LogP contribution in [0.5, 0.6) is 0 Å². The Morgan fingerprint density at radius 2 is 2.29 bits per heavy atom. The molecule has 0 spiro atoms. The van der Waals surface area contributed by atoms with E-state index in [9.17, 15) is 4.79 Å². The van der Waals surface area contributed by atoms with Crippen molar-refractivity contribution in [3.8, 4) is 0 Å². The summed E-state index contributed by atoms with van der Waals surface area (Å²) in [6, 6.07) is 3.65. The van der Waals surface area contributed by atoms with Crippen molar-refractivity contribution >= 4 is 21.8 Å². The number of alkyl halides is 1. The van der Waals surface area contributed by atoms with Crippen molar-refractivity contribution in [1.82, 2.24) is 5.32 Å². The molecule has 78 valence electrons. The second-order valence-corrected chi connectivity index (χ2v) is 5.08. The summed E-state index contributed by atoms with van der Waals surface area (Å²) in [6.45, 7) is 5.59. The average molecular weight is 260 g/mol. The lowest BCUT2D eigenvalue weighted by molar-refractivity contribution is -0.122. The molecule has 0 aliphatic carbocycles. The highest BCUT2D eigenvalue weighted by atomic mass is 79.9. The van der Waals surface area contributed by atoms with Gasteiger partial charge in [-0.15, -0.1) is 0 Å². The van der Waals surface area contributed by atoms with Crippen LogP contribution in [0.4, 0.5) is 0 Å². The molecule has 1 heterocycles. The van der Waals surface area contributed by atoms with Gasteiger partial charge in [-0.3, -0.25) is 4.79 Å². The van der Waals surface area contributed by atoms with Crippen molar-refractivity contribution in [1.29, 1.82) is 0 Å². The minimum Gasteiger partial charge on any atom is -0.467 e. The molecule has 1 atom stereocenters. The van der Waals surface area contributed by atoms with Gasteiger partial charge in [-0.05, 0) is 32.9 Å². The van der Waals surface area contributed by atoms with Crippen LogP contribution in [0.1, 0.15) is 26.5 Å². The molecule has 1 amide bonds. The fraction of sp³-hybridized carbons (Fsp3) is 0.500. The van der Waals surface area contributed by atoms with Gasteiger partial charge in [0, 0.05) is 0 Å². The maximum Gasteiger partial charge on any atom is 0.234 e. The van der Waals surface area contributed by atoms with Crippen LogP contribution in [0.3, 0.4) is 0 Å². The van der Waals surface area contributed by atoms with E-state index in [1.54, 1.807) is 19.3 Å². The monoisotopic (exact) mass is 259 g/mol. The van der Waals surface area contributed by atoms with Crippen LogP contribution in [0.15, 0.2) is 22.8 Å². The Kier molecular flexibility index (Phi) is 3.37. The fourth-order valence-corrected chi connectivity index (χ4v) is 1.22. The minimum absolute atomic E-state index is 0.0496. The number of carbonyl (C=O) groups excluding carboxylic acids is 1. The van der Waals surface area contributed by atoms with E-state index >= 15 is 0 Å². The van der Waals surface area contributed by atoms with Crippen molar-refractivity contribution in [2.75, 3.05) is 0 Å². The molecule has 3 nitrogen and oxygen atoms in total. The molecule has 0 aromatic carbocycles. The molecule has 0 aliphatic rings. The van der Waals surface area contributed by atoms with E-state index in [4.69, 9.17) is 4.42 Å². The van der Waals surface area contributed by atoms with Gasteiger partial charge in [-0.2, -0.15) is 0 Å². The number of hydrogen-bond acceptors (Lipinski definition) is 2. The Labute approximate surface area is 92.0 Å². The van der Waals surface area contributed by atoms with Gasteiger partial charge in [0.2, 0.25) is 5.91 Å². The van der Waals surface area contributed by atoms with E-state index in [1.165, 1.54) is 0 Å². The maximum absolute atomic E-state index is 11.5. The van der Waals surface area contributed by atoms with E-state index in [0.717, 1.165) is 5.76 Å². The standard InChI is InChI=1S/C10H14BrNO2/c1-7(11)9(13)12-10(2,3)8-5-4-6-14-8/h4-7H,1-3H3,(H,12,13). The van der Waals surface area contributed by atoms with Crippen LogP contribution >= 0.6 is 15.9 Å². The number of rotatable bonds is 3. The average Bonchev–Trinajstić information content (AvgIpc) is 2.54. The molecule has 4 heteroatoms. The minimum atomic E-state index is -0.470. The number of carbonyl (C=O) groups is 1. The number of nitrogens with one attached hydrogen (secondary N) is 1. The topological polar surface area (TPSA) is 42.2 Å². The molecular weight excluding hydrogens is 246 g/mol. The molecule has 0 fully saturated rings. The molecule has 0 saturated carbocycles. The summed E-state index contributed by atoms with van der Waals surface area (Å²) in [7, 11) is 0. The highest BCUT2D eigenvalue weighted by Gasteiger charge is 2.26. The van der Waals surface area contributed by atoms with Crippen molar-refractivity contribution in [2.45, 2.75) is 31.1 Å². The lowest BCUT2D eigenvalue weighted by Gasteiger charge is -2.24. The van der Waals surface area contributed by atoms with E-state index in [1.807, 2.05) is 19.9 Å². The van der Waals surface area contributed by atoms with E-state index in [2.05, 4.69) is 21.2 Å². The second kappa shape index (κ2) is 4.17. The highest BCUT2D eigenvalue weighted by molar-refractivity contribution is 9.10.